The largest absolute Gasteiger partial charge is 0.416 e. The van der Waals surface area contributed by atoms with E-state index in [0.29, 0.717) is 18.5 Å². The van der Waals surface area contributed by atoms with Crippen LogP contribution in [0.4, 0.5) is 13.2 Å². The molecule has 2 heterocycles. The van der Waals surface area contributed by atoms with E-state index < -0.39 is 11.7 Å². The molecule has 0 spiro atoms. The number of nitrogens with zero attached hydrogens (tertiary/aromatic N) is 1. The van der Waals surface area contributed by atoms with E-state index in [-0.39, 0.29) is 12.3 Å². The topological polar surface area (TPSA) is 42.0 Å². The van der Waals surface area contributed by atoms with Crippen LogP contribution in [0.1, 0.15) is 23.1 Å². The third-order valence-electron chi connectivity index (χ3n) is 4.05. The number of amides is 1. The summed E-state index contributed by atoms with van der Waals surface area (Å²) in [6.45, 7) is 0.380. The van der Waals surface area contributed by atoms with Crippen LogP contribution in [0.2, 0.25) is 0 Å². The molecule has 3 rings (SSSR count). The molecule has 3 nitrogen and oxygen atoms in total. The number of alkyl halides is 3. The van der Waals surface area contributed by atoms with E-state index in [4.69, 9.17) is 0 Å². The first kappa shape index (κ1) is 19.1. The Morgan fingerprint density at radius 1 is 1.07 bits per heavy atom. The number of hydrogen-bond donors (Lipinski definition) is 1. The van der Waals surface area contributed by atoms with Gasteiger partial charge in [0, 0.05) is 30.1 Å². The van der Waals surface area contributed by atoms with Gasteiger partial charge in [0.1, 0.15) is 0 Å². The van der Waals surface area contributed by atoms with Crippen molar-refractivity contribution < 1.29 is 18.0 Å². The summed E-state index contributed by atoms with van der Waals surface area (Å²) >= 11 is 1.59. The lowest BCUT2D eigenvalue weighted by atomic mass is 10.1. The number of halogens is 3. The van der Waals surface area contributed by atoms with E-state index in [2.05, 4.69) is 10.3 Å². The Labute approximate surface area is 158 Å². The van der Waals surface area contributed by atoms with Gasteiger partial charge in [-0.3, -0.25) is 9.78 Å². The lowest BCUT2D eigenvalue weighted by molar-refractivity contribution is -0.137. The molecule has 0 bridgehead atoms. The summed E-state index contributed by atoms with van der Waals surface area (Å²) in [5.41, 5.74) is 2.84. The molecule has 7 heteroatoms. The first-order chi connectivity index (χ1) is 12.9. The molecule has 0 aliphatic rings. The standard InChI is InChI=1S/C20H17F3N2OS/c21-20(22,23)17-4-1-14(2-5-17)3-6-19(26)25-12-15-7-9-24-18(11-15)16-8-10-27-13-16/h1-2,4-5,7-11,13H,3,6,12H2,(H,25,26). The van der Waals surface area contributed by atoms with E-state index >= 15 is 0 Å². The molecule has 3 aromatic rings. The van der Waals surface area contributed by atoms with Gasteiger partial charge in [0.15, 0.2) is 0 Å². The zero-order valence-corrected chi connectivity index (χ0v) is 15.1. The predicted molar refractivity (Wildman–Crippen MR) is 99.2 cm³/mol. The average molecular weight is 390 g/mol. The first-order valence-electron chi connectivity index (χ1n) is 8.32. The molecule has 1 amide bonds. The third kappa shape index (κ3) is 5.40. The number of benzene rings is 1. The Bertz CT molecular complexity index is 890. The monoisotopic (exact) mass is 390 g/mol. The smallest absolute Gasteiger partial charge is 0.352 e. The van der Waals surface area contributed by atoms with Crippen molar-refractivity contribution in [2.75, 3.05) is 0 Å². The van der Waals surface area contributed by atoms with Gasteiger partial charge in [0.05, 0.1) is 11.3 Å². The van der Waals surface area contributed by atoms with Gasteiger partial charge in [-0.05, 0) is 53.3 Å². The number of hydrogen-bond acceptors (Lipinski definition) is 3. The Hall–Kier alpha value is -2.67. The van der Waals surface area contributed by atoms with Crippen LogP contribution in [-0.2, 0) is 23.9 Å². The number of thiophene rings is 1. The fraction of sp³-hybridized carbons (Fsp3) is 0.200. The van der Waals surface area contributed by atoms with Crippen molar-refractivity contribution in [1.82, 2.24) is 10.3 Å². The van der Waals surface area contributed by atoms with Crippen molar-refractivity contribution >= 4 is 17.2 Å². The Morgan fingerprint density at radius 3 is 2.52 bits per heavy atom. The molecule has 0 aliphatic carbocycles. The zero-order chi connectivity index (χ0) is 19.3. The quantitative estimate of drug-likeness (QED) is 0.638. The molecular formula is C20H17F3N2OS. The number of pyridine rings is 1. The molecule has 0 fully saturated rings. The number of carbonyl (C=O) groups excluding carboxylic acids is 1. The van der Waals surface area contributed by atoms with Gasteiger partial charge in [-0.25, -0.2) is 0 Å². The van der Waals surface area contributed by atoms with Crippen LogP contribution in [-0.4, -0.2) is 10.9 Å². The number of carbonyl (C=O) groups is 1. The molecule has 140 valence electrons. The SMILES string of the molecule is O=C(CCc1ccc(C(F)(F)F)cc1)NCc1ccnc(-c2ccsc2)c1. The Morgan fingerprint density at radius 2 is 1.85 bits per heavy atom. The van der Waals surface area contributed by atoms with Crippen LogP contribution in [0.15, 0.2) is 59.4 Å². The minimum atomic E-state index is -4.34. The summed E-state index contributed by atoms with van der Waals surface area (Å²) in [6.07, 6.45) is -2.03. The maximum absolute atomic E-state index is 12.5. The number of aryl methyl sites for hydroxylation is 1. The van der Waals surface area contributed by atoms with Gasteiger partial charge < -0.3 is 5.32 Å². The van der Waals surface area contributed by atoms with Gasteiger partial charge >= 0.3 is 6.18 Å². The second kappa shape index (κ2) is 8.35. The highest BCUT2D eigenvalue weighted by Gasteiger charge is 2.29. The van der Waals surface area contributed by atoms with Crippen LogP contribution >= 0.6 is 11.3 Å². The Balaban J connectivity index is 1.49. The maximum Gasteiger partial charge on any atom is 0.416 e. The van der Waals surface area contributed by atoms with Gasteiger partial charge in [0.25, 0.3) is 0 Å². The molecule has 0 radical (unpaired) electrons. The van der Waals surface area contributed by atoms with Crippen molar-refractivity contribution in [1.29, 1.82) is 0 Å². The van der Waals surface area contributed by atoms with E-state index in [1.54, 1.807) is 17.5 Å². The molecule has 0 atom stereocenters. The van der Waals surface area contributed by atoms with Crippen molar-refractivity contribution in [3.05, 3.63) is 76.1 Å². The van der Waals surface area contributed by atoms with Gasteiger partial charge in [-0.2, -0.15) is 24.5 Å². The van der Waals surface area contributed by atoms with Gasteiger partial charge in [0.2, 0.25) is 5.91 Å². The fourth-order valence-electron chi connectivity index (χ4n) is 2.56. The summed E-state index contributed by atoms with van der Waals surface area (Å²) in [5, 5.41) is 6.82. The summed E-state index contributed by atoms with van der Waals surface area (Å²) in [7, 11) is 0. The highest BCUT2D eigenvalue weighted by molar-refractivity contribution is 7.08. The van der Waals surface area contributed by atoms with Gasteiger partial charge in [-0.15, -0.1) is 0 Å². The van der Waals surface area contributed by atoms with E-state index in [9.17, 15) is 18.0 Å². The summed E-state index contributed by atoms with van der Waals surface area (Å²) < 4.78 is 37.6. The molecule has 2 aromatic heterocycles. The van der Waals surface area contributed by atoms with Crippen LogP contribution in [0.5, 0.6) is 0 Å². The van der Waals surface area contributed by atoms with Gasteiger partial charge in [-0.1, -0.05) is 12.1 Å². The van der Waals surface area contributed by atoms with E-state index in [0.717, 1.165) is 29.0 Å². The second-order valence-corrected chi connectivity index (χ2v) is 6.81. The molecule has 27 heavy (non-hydrogen) atoms. The maximum atomic E-state index is 12.5. The fourth-order valence-corrected chi connectivity index (χ4v) is 3.21. The zero-order valence-electron chi connectivity index (χ0n) is 14.3. The third-order valence-corrected chi connectivity index (χ3v) is 4.74. The lowest BCUT2D eigenvalue weighted by Crippen LogP contribution is -2.23. The highest BCUT2D eigenvalue weighted by atomic mass is 32.1. The second-order valence-electron chi connectivity index (χ2n) is 6.03. The van der Waals surface area contributed by atoms with Crippen molar-refractivity contribution in [2.24, 2.45) is 0 Å². The molecule has 0 aliphatic heterocycles. The van der Waals surface area contributed by atoms with Crippen LogP contribution in [0.25, 0.3) is 11.3 Å². The van der Waals surface area contributed by atoms with Crippen LogP contribution < -0.4 is 5.32 Å². The van der Waals surface area contributed by atoms with Crippen molar-refractivity contribution in [3.8, 4) is 11.3 Å². The lowest BCUT2D eigenvalue weighted by Gasteiger charge is -2.08. The number of nitrogens with one attached hydrogen (secondary N) is 1. The molecular weight excluding hydrogens is 373 g/mol. The summed E-state index contributed by atoms with van der Waals surface area (Å²) in [5.74, 6) is -0.149. The van der Waals surface area contributed by atoms with E-state index in [1.165, 1.54) is 12.1 Å². The number of aromatic nitrogens is 1. The molecule has 0 unspecified atom stereocenters. The normalized spacial score (nSPS) is 11.4. The highest BCUT2D eigenvalue weighted by Crippen LogP contribution is 2.29. The molecule has 0 saturated carbocycles. The van der Waals surface area contributed by atoms with Crippen molar-refractivity contribution in [3.63, 3.8) is 0 Å². The number of rotatable bonds is 6. The predicted octanol–water partition coefficient (Wildman–Crippen LogP) is 5.08. The average Bonchev–Trinajstić information content (AvgIpc) is 3.19. The molecule has 1 N–H and O–H groups in total. The molecule has 1 aromatic carbocycles. The van der Waals surface area contributed by atoms with Crippen molar-refractivity contribution in [2.45, 2.75) is 25.6 Å². The molecule has 0 saturated heterocycles. The summed E-state index contributed by atoms with van der Waals surface area (Å²) in [6, 6.07) is 10.6. The minimum absolute atomic E-state index is 0.149. The Kier molecular flexibility index (Phi) is 5.91. The first-order valence-corrected chi connectivity index (χ1v) is 9.26. The van der Waals surface area contributed by atoms with E-state index in [1.807, 2.05) is 29.0 Å². The van der Waals surface area contributed by atoms with Crippen LogP contribution in [0.3, 0.4) is 0 Å². The minimum Gasteiger partial charge on any atom is -0.352 e. The summed E-state index contributed by atoms with van der Waals surface area (Å²) in [4.78, 5) is 16.3. The van der Waals surface area contributed by atoms with Crippen LogP contribution in [0, 0.1) is 0 Å².